The molecular weight excluding hydrogens is 532 g/mol. The lowest BCUT2D eigenvalue weighted by atomic mass is 9.90. The van der Waals surface area contributed by atoms with Crippen molar-refractivity contribution in [3.63, 3.8) is 0 Å². The second-order valence-electron chi connectivity index (χ2n) is 9.54. The lowest BCUT2D eigenvalue weighted by molar-refractivity contribution is -0.141. The lowest BCUT2D eigenvalue weighted by Gasteiger charge is -2.37. The average Bonchev–Trinajstić information content (AvgIpc) is 3.16. The zero-order chi connectivity index (χ0) is 29.0. The second-order valence-corrected chi connectivity index (χ2v) is 9.54. The maximum absolute atomic E-state index is 13.9. The van der Waals surface area contributed by atoms with Crippen LogP contribution in [0.2, 0.25) is 0 Å². The van der Waals surface area contributed by atoms with Gasteiger partial charge in [-0.1, -0.05) is 18.2 Å². The molecular formula is C28H30F4N4O4. The van der Waals surface area contributed by atoms with Gasteiger partial charge in [-0.05, 0) is 49.2 Å². The fourth-order valence-electron chi connectivity index (χ4n) is 4.96. The number of hydrogen-bond donors (Lipinski definition) is 1. The van der Waals surface area contributed by atoms with Crippen LogP contribution in [0.4, 0.5) is 22.4 Å². The van der Waals surface area contributed by atoms with Crippen LogP contribution in [0, 0.1) is 5.82 Å². The number of amides is 3. The Morgan fingerprint density at radius 2 is 1.73 bits per heavy atom. The molecule has 12 heteroatoms. The number of halogens is 4. The number of benzene rings is 2. The Morgan fingerprint density at radius 3 is 2.40 bits per heavy atom. The largest absolute Gasteiger partial charge is 0.463 e. The average molecular weight is 563 g/mol. The molecule has 0 saturated carbocycles. The SMILES string of the molecule is CCOC(=O)C1=C(CN2CCCN(C(=O)c3ccc(F)cc3)CC2)N(C)C(=O)N[C@H]1c1ccccc1C(F)(F)F. The van der Waals surface area contributed by atoms with E-state index in [0.717, 1.165) is 6.07 Å². The summed E-state index contributed by atoms with van der Waals surface area (Å²) in [6.07, 6.45) is -4.14. The highest BCUT2D eigenvalue weighted by molar-refractivity contribution is 5.95. The van der Waals surface area contributed by atoms with E-state index < -0.39 is 35.6 Å². The Kier molecular flexibility index (Phi) is 8.77. The van der Waals surface area contributed by atoms with E-state index in [2.05, 4.69) is 5.32 Å². The maximum atomic E-state index is 13.9. The van der Waals surface area contributed by atoms with Gasteiger partial charge in [0.25, 0.3) is 5.91 Å². The number of ether oxygens (including phenoxy) is 1. The molecule has 214 valence electrons. The molecule has 2 heterocycles. The molecule has 0 unspecified atom stereocenters. The van der Waals surface area contributed by atoms with Crippen molar-refractivity contribution in [2.45, 2.75) is 25.6 Å². The van der Waals surface area contributed by atoms with Crippen molar-refractivity contribution in [1.29, 1.82) is 0 Å². The first-order valence-corrected chi connectivity index (χ1v) is 12.9. The molecule has 2 aromatic rings. The predicted octanol–water partition coefficient (Wildman–Crippen LogP) is 4.21. The quantitative estimate of drug-likeness (QED) is 0.422. The van der Waals surface area contributed by atoms with Gasteiger partial charge in [0.2, 0.25) is 0 Å². The third-order valence-electron chi connectivity index (χ3n) is 6.99. The van der Waals surface area contributed by atoms with Gasteiger partial charge in [0.1, 0.15) is 5.82 Å². The predicted molar refractivity (Wildman–Crippen MR) is 137 cm³/mol. The fourth-order valence-corrected chi connectivity index (χ4v) is 4.96. The summed E-state index contributed by atoms with van der Waals surface area (Å²) in [5.74, 6) is -1.51. The van der Waals surface area contributed by atoms with E-state index in [9.17, 15) is 31.9 Å². The minimum atomic E-state index is -4.71. The van der Waals surface area contributed by atoms with E-state index in [-0.39, 0.29) is 35.9 Å². The van der Waals surface area contributed by atoms with Crippen LogP contribution in [0.5, 0.6) is 0 Å². The fraction of sp³-hybridized carbons (Fsp3) is 0.393. The number of urea groups is 1. The maximum Gasteiger partial charge on any atom is 0.416 e. The third-order valence-corrected chi connectivity index (χ3v) is 6.99. The highest BCUT2D eigenvalue weighted by Crippen LogP contribution is 2.39. The molecule has 1 atom stereocenters. The van der Waals surface area contributed by atoms with Gasteiger partial charge in [-0.2, -0.15) is 13.2 Å². The first kappa shape index (κ1) is 29.1. The van der Waals surface area contributed by atoms with E-state index in [4.69, 9.17) is 4.74 Å². The van der Waals surface area contributed by atoms with Gasteiger partial charge < -0.3 is 15.0 Å². The van der Waals surface area contributed by atoms with Crippen LogP contribution in [0.3, 0.4) is 0 Å². The standard InChI is InChI=1S/C28H30F4N4O4/c1-3-40-26(38)23-22(34(2)27(39)33-24(23)20-7-4-5-8-21(20)28(30,31)32)17-35-13-6-14-36(16-15-35)25(37)18-9-11-19(29)12-10-18/h4-5,7-12,24H,3,6,13-17H2,1-2H3,(H,33,39)/t24-/m0/s1. The molecule has 2 aliphatic heterocycles. The van der Waals surface area contributed by atoms with Gasteiger partial charge in [-0.3, -0.25) is 14.6 Å². The van der Waals surface area contributed by atoms with Crippen molar-refractivity contribution in [2.24, 2.45) is 0 Å². The summed E-state index contributed by atoms with van der Waals surface area (Å²) in [5, 5.41) is 2.54. The van der Waals surface area contributed by atoms with Crippen molar-refractivity contribution < 1.29 is 36.7 Å². The highest BCUT2D eigenvalue weighted by atomic mass is 19.4. The van der Waals surface area contributed by atoms with Crippen LogP contribution in [0.15, 0.2) is 59.8 Å². The molecule has 2 aromatic carbocycles. The summed E-state index contributed by atoms with van der Waals surface area (Å²) in [6.45, 7) is 3.30. The molecule has 0 bridgehead atoms. The molecule has 2 aliphatic rings. The van der Waals surface area contributed by atoms with E-state index in [1.54, 1.807) is 11.8 Å². The van der Waals surface area contributed by atoms with Crippen molar-refractivity contribution in [3.8, 4) is 0 Å². The molecule has 0 aliphatic carbocycles. The molecule has 1 saturated heterocycles. The number of nitrogens with one attached hydrogen (secondary N) is 1. The van der Waals surface area contributed by atoms with Crippen molar-refractivity contribution in [2.75, 3.05) is 46.4 Å². The number of esters is 1. The topological polar surface area (TPSA) is 82.2 Å². The zero-order valence-electron chi connectivity index (χ0n) is 22.1. The van der Waals surface area contributed by atoms with E-state index in [1.807, 2.05) is 4.90 Å². The molecule has 0 aromatic heterocycles. The van der Waals surface area contributed by atoms with Gasteiger partial charge in [0.05, 0.1) is 23.8 Å². The van der Waals surface area contributed by atoms with E-state index in [1.165, 1.54) is 54.4 Å². The number of carbonyl (C=O) groups is 3. The summed E-state index contributed by atoms with van der Waals surface area (Å²) >= 11 is 0. The van der Waals surface area contributed by atoms with Gasteiger partial charge in [0, 0.05) is 51.0 Å². The number of likely N-dealkylation sites (N-methyl/N-ethyl adjacent to an activating group) is 1. The Labute approximate surface area is 229 Å². The van der Waals surface area contributed by atoms with Crippen LogP contribution >= 0.6 is 0 Å². The second kappa shape index (κ2) is 12.1. The van der Waals surface area contributed by atoms with Gasteiger partial charge in [-0.25, -0.2) is 14.0 Å². The van der Waals surface area contributed by atoms with Gasteiger partial charge in [0.15, 0.2) is 0 Å². The van der Waals surface area contributed by atoms with Crippen LogP contribution in [0.25, 0.3) is 0 Å². The summed E-state index contributed by atoms with van der Waals surface area (Å²) in [5.41, 5.74) is -0.719. The summed E-state index contributed by atoms with van der Waals surface area (Å²) in [4.78, 5) is 43.9. The van der Waals surface area contributed by atoms with Crippen molar-refractivity contribution >= 4 is 17.9 Å². The molecule has 0 spiro atoms. The van der Waals surface area contributed by atoms with Crippen LogP contribution in [-0.4, -0.2) is 79.0 Å². The summed E-state index contributed by atoms with van der Waals surface area (Å²) in [7, 11) is 1.44. The minimum absolute atomic E-state index is 0.00885. The molecule has 1 fully saturated rings. The Bertz CT molecular complexity index is 1300. The zero-order valence-corrected chi connectivity index (χ0v) is 22.1. The molecule has 1 N–H and O–H groups in total. The van der Waals surface area contributed by atoms with E-state index >= 15 is 0 Å². The Hall–Kier alpha value is -3.93. The molecule has 4 rings (SSSR count). The normalized spacial score (nSPS) is 18.9. The number of rotatable bonds is 6. The Morgan fingerprint density at radius 1 is 1.02 bits per heavy atom. The smallest absolute Gasteiger partial charge is 0.416 e. The van der Waals surface area contributed by atoms with Crippen LogP contribution in [0.1, 0.15) is 40.9 Å². The third kappa shape index (κ3) is 6.27. The monoisotopic (exact) mass is 562 g/mol. The number of hydrogen-bond acceptors (Lipinski definition) is 5. The highest BCUT2D eigenvalue weighted by Gasteiger charge is 2.42. The van der Waals surface area contributed by atoms with Crippen LogP contribution in [-0.2, 0) is 15.7 Å². The number of alkyl halides is 3. The summed E-state index contributed by atoms with van der Waals surface area (Å²) in [6, 6.07) is 8.05. The van der Waals surface area contributed by atoms with Crippen molar-refractivity contribution in [1.82, 2.24) is 20.0 Å². The van der Waals surface area contributed by atoms with Gasteiger partial charge >= 0.3 is 18.2 Å². The first-order chi connectivity index (χ1) is 19.0. The molecule has 3 amide bonds. The summed E-state index contributed by atoms with van der Waals surface area (Å²) < 4.78 is 60.2. The number of nitrogens with zero attached hydrogens (tertiary/aromatic N) is 3. The van der Waals surface area contributed by atoms with Crippen LogP contribution < -0.4 is 5.32 Å². The van der Waals surface area contributed by atoms with E-state index in [0.29, 0.717) is 38.2 Å². The first-order valence-electron chi connectivity index (χ1n) is 12.9. The van der Waals surface area contributed by atoms with Gasteiger partial charge in [-0.15, -0.1) is 0 Å². The molecule has 40 heavy (non-hydrogen) atoms. The number of carbonyl (C=O) groups excluding carboxylic acids is 3. The minimum Gasteiger partial charge on any atom is -0.463 e. The van der Waals surface area contributed by atoms with Crippen molar-refractivity contribution in [3.05, 3.63) is 82.3 Å². The molecule has 8 nitrogen and oxygen atoms in total. The lowest BCUT2D eigenvalue weighted by Crippen LogP contribution is -2.50. The molecule has 0 radical (unpaired) electrons. The Balaban J connectivity index is 1.65.